The molecule has 0 bridgehead atoms. The van der Waals surface area contributed by atoms with E-state index < -0.39 is 0 Å². The van der Waals surface area contributed by atoms with Gasteiger partial charge in [0.15, 0.2) is 10.8 Å². The van der Waals surface area contributed by atoms with Crippen LogP contribution in [0.25, 0.3) is 11.0 Å². The summed E-state index contributed by atoms with van der Waals surface area (Å²) < 4.78 is 1.78. The number of amides is 1. The zero-order chi connectivity index (χ0) is 21.7. The molecule has 3 rings (SSSR count). The van der Waals surface area contributed by atoms with E-state index >= 15 is 0 Å². The summed E-state index contributed by atoms with van der Waals surface area (Å²) in [6.07, 6.45) is 2.79. The molecule has 0 spiro atoms. The summed E-state index contributed by atoms with van der Waals surface area (Å²) in [5, 5.41) is 13.1. The quantitative estimate of drug-likeness (QED) is 0.345. The molecule has 7 nitrogen and oxygen atoms in total. The lowest BCUT2D eigenvalue weighted by Crippen LogP contribution is -2.27. The molecule has 1 amide bonds. The molecule has 0 saturated heterocycles. The second kappa shape index (κ2) is 10.3. The van der Waals surface area contributed by atoms with Gasteiger partial charge in [0.05, 0.1) is 28.7 Å². The van der Waals surface area contributed by atoms with Crippen LogP contribution in [0.2, 0.25) is 10.0 Å². The molecule has 2 aromatic heterocycles. The first-order valence-electron chi connectivity index (χ1n) is 9.75. The molecule has 0 saturated carbocycles. The Morgan fingerprint density at radius 2 is 2.07 bits per heavy atom. The van der Waals surface area contributed by atoms with Crippen LogP contribution in [0.15, 0.2) is 29.6 Å². The van der Waals surface area contributed by atoms with Crippen LogP contribution in [0.5, 0.6) is 0 Å². The van der Waals surface area contributed by atoms with Crippen molar-refractivity contribution in [3.63, 3.8) is 0 Å². The maximum Gasteiger partial charge on any atom is 0.252 e. The molecular weight excluding hydrogens is 443 g/mol. The molecule has 10 heteroatoms. The summed E-state index contributed by atoms with van der Waals surface area (Å²) in [7, 11) is 0. The molecule has 160 valence electrons. The predicted octanol–water partition coefficient (Wildman–Crippen LogP) is 4.89. The maximum atomic E-state index is 12.4. The smallest absolute Gasteiger partial charge is 0.252 e. The zero-order valence-electron chi connectivity index (χ0n) is 17.1. The first kappa shape index (κ1) is 22.7. The van der Waals surface area contributed by atoms with Crippen LogP contribution in [-0.2, 0) is 6.54 Å². The topological polar surface area (TPSA) is 84.7 Å². The van der Waals surface area contributed by atoms with Gasteiger partial charge in [0.2, 0.25) is 0 Å². The van der Waals surface area contributed by atoms with E-state index in [0.29, 0.717) is 33.9 Å². The Hall–Kier alpha value is -2.03. The fourth-order valence-corrected chi connectivity index (χ4v) is 3.85. The number of thioether (sulfide) groups is 1. The summed E-state index contributed by atoms with van der Waals surface area (Å²) in [5.74, 6) is 1.43. The van der Waals surface area contributed by atoms with Crippen molar-refractivity contribution in [3.8, 4) is 0 Å². The summed E-state index contributed by atoms with van der Waals surface area (Å²) in [6.45, 7) is 7.08. The molecule has 30 heavy (non-hydrogen) atoms. The standard InChI is InChI=1S/C20H24Cl2N6OS/c1-4-9-30-20-26-17(25-12(2)3)15-11-24-28(18(15)27-20)8-7-23-19(29)14-10-13(21)5-6-16(14)22/h5-6,10-12H,4,7-9H2,1-3H3,(H,23,29)(H,25,26,27). The predicted molar refractivity (Wildman–Crippen MR) is 124 cm³/mol. The summed E-state index contributed by atoms with van der Waals surface area (Å²) in [6, 6.07) is 5.04. The van der Waals surface area contributed by atoms with Crippen molar-refractivity contribution in [1.82, 2.24) is 25.1 Å². The second-order valence-electron chi connectivity index (χ2n) is 6.99. The second-order valence-corrected chi connectivity index (χ2v) is 8.89. The molecular formula is C20H24Cl2N6OS. The molecule has 0 radical (unpaired) electrons. The van der Waals surface area contributed by atoms with E-state index in [4.69, 9.17) is 23.2 Å². The molecule has 0 aliphatic rings. The first-order valence-corrected chi connectivity index (χ1v) is 11.5. The molecule has 1 aromatic carbocycles. The van der Waals surface area contributed by atoms with Crippen LogP contribution < -0.4 is 10.6 Å². The van der Waals surface area contributed by atoms with E-state index in [2.05, 4.69) is 46.5 Å². The van der Waals surface area contributed by atoms with Gasteiger partial charge in [0.1, 0.15) is 5.82 Å². The third kappa shape index (κ3) is 5.56. The van der Waals surface area contributed by atoms with Crippen LogP contribution in [0, 0.1) is 0 Å². The van der Waals surface area contributed by atoms with Gasteiger partial charge in [0, 0.05) is 23.4 Å². The highest BCUT2D eigenvalue weighted by atomic mass is 35.5. The normalized spacial score (nSPS) is 11.3. The number of rotatable bonds is 9. The zero-order valence-corrected chi connectivity index (χ0v) is 19.4. The molecule has 2 N–H and O–H groups in total. The van der Waals surface area contributed by atoms with Crippen molar-refractivity contribution >= 4 is 57.7 Å². The number of fused-ring (bicyclic) bond motifs is 1. The van der Waals surface area contributed by atoms with E-state index in [-0.39, 0.29) is 11.9 Å². The minimum Gasteiger partial charge on any atom is -0.367 e. The molecule has 0 atom stereocenters. The van der Waals surface area contributed by atoms with Gasteiger partial charge in [-0.1, -0.05) is 41.9 Å². The third-order valence-electron chi connectivity index (χ3n) is 4.12. The van der Waals surface area contributed by atoms with Gasteiger partial charge in [-0.25, -0.2) is 14.6 Å². The van der Waals surface area contributed by atoms with Crippen LogP contribution >= 0.6 is 35.0 Å². The van der Waals surface area contributed by atoms with Crippen molar-refractivity contribution in [2.75, 3.05) is 17.6 Å². The van der Waals surface area contributed by atoms with Gasteiger partial charge in [-0.05, 0) is 38.5 Å². The van der Waals surface area contributed by atoms with Crippen LogP contribution in [0.1, 0.15) is 37.6 Å². The highest BCUT2D eigenvalue weighted by molar-refractivity contribution is 7.99. The van der Waals surface area contributed by atoms with Crippen molar-refractivity contribution in [2.24, 2.45) is 0 Å². The van der Waals surface area contributed by atoms with Crippen LogP contribution in [-0.4, -0.2) is 44.0 Å². The Morgan fingerprint density at radius 3 is 2.80 bits per heavy atom. The average molecular weight is 467 g/mol. The monoisotopic (exact) mass is 466 g/mol. The van der Waals surface area contributed by atoms with Gasteiger partial charge >= 0.3 is 0 Å². The van der Waals surface area contributed by atoms with Crippen LogP contribution in [0.3, 0.4) is 0 Å². The fraction of sp³-hybridized carbons (Fsp3) is 0.400. The van der Waals surface area contributed by atoms with Gasteiger partial charge in [-0.3, -0.25) is 4.79 Å². The number of nitrogens with one attached hydrogen (secondary N) is 2. The fourth-order valence-electron chi connectivity index (χ4n) is 2.78. The van der Waals surface area contributed by atoms with E-state index in [1.807, 2.05) is 0 Å². The Kier molecular flexibility index (Phi) is 7.80. The van der Waals surface area contributed by atoms with Gasteiger partial charge in [-0.15, -0.1) is 0 Å². The Morgan fingerprint density at radius 1 is 1.27 bits per heavy atom. The molecule has 3 aromatic rings. The molecule has 0 unspecified atom stereocenters. The summed E-state index contributed by atoms with van der Waals surface area (Å²) >= 11 is 13.7. The average Bonchev–Trinajstić information content (AvgIpc) is 3.11. The summed E-state index contributed by atoms with van der Waals surface area (Å²) in [4.78, 5) is 21.8. The molecule has 0 fully saturated rings. The number of hydrogen-bond acceptors (Lipinski definition) is 6. The summed E-state index contributed by atoms with van der Waals surface area (Å²) in [5.41, 5.74) is 1.08. The van der Waals surface area contributed by atoms with E-state index in [0.717, 1.165) is 29.0 Å². The lowest BCUT2D eigenvalue weighted by atomic mass is 10.2. The molecule has 2 heterocycles. The lowest BCUT2D eigenvalue weighted by Gasteiger charge is -2.12. The lowest BCUT2D eigenvalue weighted by molar-refractivity contribution is 0.0952. The highest BCUT2D eigenvalue weighted by Crippen LogP contribution is 2.25. The number of carbonyl (C=O) groups excluding carboxylic acids is 1. The maximum absolute atomic E-state index is 12.4. The van der Waals surface area contributed by atoms with E-state index in [9.17, 15) is 4.79 Å². The van der Waals surface area contributed by atoms with E-state index in [1.54, 1.807) is 40.8 Å². The van der Waals surface area contributed by atoms with Crippen molar-refractivity contribution in [1.29, 1.82) is 0 Å². The number of aromatic nitrogens is 4. The largest absolute Gasteiger partial charge is 0.367 e. The van der Waals surface area contributed by atoms with Gasteiger partial charge in [0.25, 0.3) is 5.91 Å². The van der Waals surface area contributed by atoms with Gasteiger partial charge in [-0.2, -0.15) is 5.10 Å². The Labute approximate surface area is 189 Å². The Bertz CT molecular complexity index is 1040. The number of benzene rings is 1. The minimum atomic E-state index is -0.282. The van der Waals surface area contributed by atoms with E-state index in [1.165, 1.54) is 0 Å². The number of nitrogens with zero attached hydrogens (tertiary/aromatic N) is 4. The number of hydrogen-bond donors (Lipinski definition) is 2. The first-order chi connectivity index (χ1) is 14.4. The minimum absolute atomic E-state index is 0.234. The molecule has 0 aliphatic heterocycles. The van der Waals surface area contributed by atoms with Crippen molar-refractivity contribution in [2.45, 2.75) is 44.9 Å². The number of anilines is 1. The third-order valence-corrected chi connectivity index (χ3v) is 5.74. The SMILES string of the molecule is CCCSc1nc(NC(C)C)c2cnn(CCNC(=O)c3cc(Cl)ccc3Cl)c2n1. The Balaban J connectivity index is 1.77. The number of carbonyl (C=O) groups is 1. The van der Waals surface area contributed by atoms with Crippen molar-refractivity contribution in [3.05, 3.63) is 40.0 Å². The van der Waals surface area contributed by atoms with Gasteiger partial charge < -0.3 is 10.6 Å². The number of halogens is 2. The highest BCUT2D eigenvalue weighted by Gasteiger charge is 2.15. The van der Waals surface area contributed by atoms with Crippen LogP contribution in [0.4, 0.5) is 5.82 Å². The molecule has 0 aliphatic carbocycles. The van der Waals surface area contributed by atoms with Crippen molar-refractivity contribution < 1.29 is 4.79 Å².